The standard InChI is InChI=1S/C22H23N3O2/c1-27-15-14-23-21(26)13-12-20-17-25(16-18-8-4-2-5-9-18)24-22(20)19-10-6-3-7-11-19/h2-13,17H,14-16H2,1H3,(H,23,26)/b13-12+. The lowest BCUT2D eigenvalue weighted by Crippen LogP contribution is -2.24. The number of aromatic nitrogens is 2. The fourth-order valence-electron chi connectivity index (χ4n) is 2.73. The predicted molar refractivity (Wildman–Crippen MR) is 107 cm³/mol. The summed E-state index contributed by atoms with van der Waals surface area (Å²) in [6, 6.07) is 20.2. The van der Waals surface area contributed by atoms with Gasteiger partial charge in [-0.3, -0.25) is 9.48 Å². The number of nitrogens with zero attached hydrogens (tertiary/aromatic N) is 2. The Morgan fingerprint density at radius 1 is 1.11 bits per heavy atom. The molecule has 0 fully saturated rings. The molecule has 0 saturated heterocycles. The molecule has 5 heteroatoms. The van der Waals surface area contributed by atoms with Gasteiger partial charge >= 0.3 is 0 Å². The average Bonchev–Trinajstić information content (AvgIpc) is 3.11. The molecular formula is C22H23N3O2. The number of nitrogens with one attached hydrogen (secondary N) is 1. The third kappa shape index (κ3) is 5.39. The Bertz CT molecular complexity index is 886. The van der Waals surface area contributed by atoms with Crippen LogP contribution >= 0.6 is 0 Å². The normalized spacial score (nSPS) is 11.0. The van der Waals surface area contributed by atoms with Gasteiger partial charge in [0.1, 0.15) is 0 Å². The zero-order valence-electron chi connectivity index (χ0n) is 15.3. The van der Waals surface area contributed by atoms with Crippen LogP contribution in [0.4, 0.5) is 0 Å². The molecule has 1 heterocycles. The summed E-state index contributed by atoms with van der Waals surface area (Å²) in [6.07, 6.45) is 5.30. The maximum atomic E-state index is 12.0. The van der Waals surface area contributed by atoms with E-state index in [0.29, 0.717) is 19.7 Å². The van der Waals surface area contributed by atoms with Gasteiger partial charge < -0.3 is 10.1 Å². The molecule has 138 valence electrons. The number of carbonyl (C=O) groups is 1. The first-order valence-electron chi connectivity index (χ1n) is 8.88. The topological polar surface area (TPSA) is 56.1 Å². The largest absolute Gasteiger partial charge is 0.383 e. The van der Waals surface area contributed by atoms with E-state index in [4.69, 9.17) is 9.84 Å². The Labute approximate surface area is 159 Å². The van der Waals surface area contributed by atoms with E-state index in [0.717, 1.165) is 16.8 Å². The molecule has 0 atom stereocenters. The summed E-state index contributed by atoms with van der Waals surface area (Å²) < 4.78 is 6.84. The van der Waals surface area contributed by atoms with Crippen molar-refractivity contribution in [3.63, 3.8) is 0 Å². The van der Waals surface area contributed by atoms with Gasteiger partial charge in [-0.05, 0) is 11.6 Å². The summed E-state index contributed by atoms with van der Waals surface area (Å²) in [7, 11) is 1.61. The van der Waals surface area contributed by atoms with Crippen LogP contribution in [0, 0.1) is 0 Å². The maximum absolute atomic E-state index is 12.0. The molecule has 0 aliphatic heterocycles. The Balaban J connectivity index is 1.83. The molecule has 0 unspecified atom stereocenters. The van der Waals surface area contributed by atoms with Crippen LogP contribution in [0.5, 0.6) is 0 Å². The Morgan fingerprint density at radius 3 is 2.52 bits per heavy atom. The highest BCUT2D eigenvalue weighted by Gasteiger charge is 2.10. The molecule has 0 spiro atoms. The third-order valence-electron chi connectivity index (χ3n) is 4.04. The van der Waals surface area contributed by atoms with E-state index in [1.165, 1.54) is 11.6 Å². The Hall–Kier alpha value is -3.18. The number of hydrogen-bond donors (Lipinski definition) is 1. The van der Waals surface area contributed by atoms with Crippen molar-refractivity contribution >= 4 is 12.0 Å². The minimum atomic E-state index is -0.151. The van der Waals surface area contributed by atoms with E-state index in [-0.39, 0.29) is 5.91 Å². The second-order valence-corrected chi connectivity index (χ2v) is 6.10. The Kier molecular flexibility index (Phi) is 6.55. The number of carbonyl (C=O) groups excluding carboxylic acids is 1. The highest BCUT2D eigenvalue weighted by atomic mass is 16.5. The number of amides is 1. The van der Waals surface area contributed by atoms with Gasteiger partial charge in [-0.15, -0.1) is 0 Å². The maximum Gasteiger partial charge on any atom is 0.244 e. The van der Waals surface area contributed by atoms with E-state index in [9.17, 15) is 4.79 Å². The minimum absolute atomic E-state index is 0.151. The number of rotatable bonds is 8. The van der Waals surface area contributed by atoms with Crippen LogP contribution in [-0.2, 0) is 16.1 Å². The number of hydrogen-bond acceptors (Lipinski definition) is 3. The smallest absolute Gasteiger partial charge is 0.244 e. The van der Waals surface area contributed by atoms with Crippen molar-refractivity contribution in [2.75, 3.05) is 20.3 Å². The van der Waals surface area contributed by atoms with E-state index < -0.39 is 0 Å². The highest BCUT2D eigenvalue weighted by molar-refractivity contribution is 5.92. The van der Waals surface area contributed by atoms with Crippen LogP contribution in [0.25, 0.3) is 17.3 Å². The summed E-state index contributed by atoms with van der Waals surface area (Å²) in [5.74, 6) is -0.151. The molecule has 1 amide bonds. The number of ether oxygens (including phenoxy) is 1. The van der Waals surface area contributed by atoms with Crippen molar-refractivity contribution in [2.24, 2.45) is 0 Å². The van der Waals surface area contributed by atoms with Crippen LogP contribution in [0.1, 0.15) is 11.1 Å². The number of benzene rings is 2. The molecule has 2 aromatic carbocycles. The summed E-state index contributed by atoms with van der Waals surface area (Å²) in [6.45, 7) is 1.65. The van der Waals surface area contributed by atoms with Crippen molar-refractivity contribution in [3.05, 3.63) is 84.1 Å². The first-order valence-corrected chi connectivity index (χ1v) is 8.88. The van der Waals surface area contributed by atoms with Gasteiger partial charge in [0, 0.05) is 37.1 Å². The van der Waals surface area contributed by atoms with Gasteiger partial charge in [0.15, 0.2) is 0 Å². The molecule has 3 aromatic rings. The molecular weight excluding hydrogens is 338 g/mol. The van der Waals surface area contributed by atoms with Crippen LogP contribution in [0.3, 0.4) is 0 Å². The first kappa shape index (κ1) is 18.6. The van der Waals surface area contributed by atoms with Gasteiger partial charge in [0.2, 0.25) is 5.91 Å². The first-order chi connectivity index (χ1) is 13.3. The van der Waals surface area contributed by atoms with E-state index in [1.807, 2.05) is 59.4 Å². The lowest BCUT2D eigenvalue weighted by atomic mass is 10.1. The van der Waals surface area contributed by atoms with Crippen molar-refractivity contribution in [1.82, 2.24) is 15.1 Å². The minimum Gasteiger partial charge on any atom is -0.383 e. The van der Waals surface area contributed by atoms with Gasteiger partial charge in [-0.25, -0.2) is 0 Å². The molecule has 0 aliphatic rings. The van der Waals surface area contributed by atoms with Crippen molar-refractivity contribution in [3.8, 4) is 11.3 Å². The second kappa shape index (κ2) is 9.50. The van der Waals surface area contributed by atoms with Gasteiger partial charge in [-0.1, -0.05) is 60.7 Å². The summed E-state index contributed by atoms with van der Waals surface area (Å²) in [4.78, 5) is 12.0. The SMILES string of the molecule is COCCNC(=O)/C=C/c1cn(Cc2ccccc2)nc1-c1ccccc1. The van der Waals surface area contributed by atoms with Crippen LogP contribution in [-0.4, -0.2) is 35.9 Å². The molecule has 0 bridgehead atoms. The number of methoxy groups -OCH3 is 1. The Morgan fingerprint density at radius 2 is 1.81 bits per heavy atom. The monoisotopic (exact) mass is 361 g/mol. The molecule has 0 radical (unpaired) electrons. The lowest BCUT2D eigenvalue weighted by Gasteiger charge is -2.01. The average molecular weight is 361 g/mol. The van der Waals surface area contributed by atoms with Crippen LogP contribution < -0.4 is 5.32 Å². The summed E-state index contributed by atoms with van der Waals surface area (Å²) in [5, 5.41) is 7.52. The van der Waals surface area contributed by atoms with Gasteiger partial charge in [0.25, 0.3) is 0 Å². The van der Waals surface area contributed by atoms with E-state index >= 15 is 0 Å². The van der Waals surface area contributed by atoms with Crippen LogP contribution in [0.15, 0.2) is 72.9 Å². The third-order valence-corrected chi connectivity index (χ3v) is 4.04. The zero-order chi connectivity index (χ0) is 18.9. The molecule has 1 N–H and O–H groups in total. The molecule has 0 saturated carbocycles. The zero-order valence-corrected chi connectivity index (χ0v) is 15.3. The molecule has 27 heavy (non-hydrogen) atoms. The highest BCUT2D eigenvalue weighted by Crippen LogP contribution is 2.23. The fraction of sp³-hybridized carbons (Fsp3) is 0.182. The molecule has 5 nitrogen and oxygen atoms in total. The fourth-order valence-corrected chi connectivity index (χ4v) is 2.73. The molecule has 0 aliphatic carbocycles. The molecule has 1 aromatic heterocycles. The van der Waals surface area contributed by atoms with Crippen molar-refractivity contribution in [2.45, 2.75) is 6.54 Å². The van der Waals surface area contributed by atoms with Gasteiger partial charge in [-0.2, -0.15) is 5.10 Å². The quantitative estimate of drug-likeness (QED) is 0.494. The predicted octanol–water partition coefficient (Wildman–Crippen LogP) is 3.37. The van der Waals surface area contributed by atoms with E-state index in [1.54, 1.807) is 13.2 Å². The molecule has 3 rings (SSSR count). The summed E-state index contributed by atoms with van der Waals surface area (Å²) in [5.41, 5.74) is 3.95. The second-order valence-electron chi connectivity index (χ2n) is 6.10. The van der Waals surface area contributed by atoms with Crippen LogP contribution in [0.2, 0.25) is 0 Å². The van der Waals surface area contributed by atoms with Gasteiger partial charge in [0.05, 0.1) is 18.8 Å². The summed E-state index contributed by atoms with van der Waals surface area (Å²) >= 11 is 0. The van der Waals surface area contributed by atoms with Crippen molar-refractivity contribution in [1.29, 1.82) is 0 Å². The lowest BCUT2D eigenvalue weighted by molar-refractivity contribution is -0.116. The van der Waals surface area contributed by atoms with Crippen molar-refractivity contribution < 1.29 is 9.53 Å². The van der Waals surface area contributed by atoms with E-state index in [2.05, 4.69) is 17.4 Å².